The predicted molar refractivity (Wildman–Crippen MR) is 149 cm³/mol. The summed E-state index contributed by atoms with van der Waals surface area (Å²) in [5, 5.41) is 6.25. The van der Waals surface area contributed by atoms with Crippen molar-refractivity contribution >= 4 is 50.8 Å². The van der Waals surface area contributed by atoms with Crippen LogP contribution in [0, 0.1) is 6.92 Å². The van der Waals surface area contributed by atoms with Gasteiger partial charge in [-0.05, 0) is 50.1 Å². The molecule has 3 aromatic rings. The lowest BCUT2D eigenvalue weighted by molar-refractivity contribution is 0.0668. The van der Waals surface area contributed by atoms with Gasteiger partial charge >= 0.3 is 0 Å². The van der Waals surface area contributed by atoms with E-state index in [9.17, 15) is 18.0 Å². The maximum absolute atomic E-state index is 13.2. The monoisotopic (exact) mass is 569 g/mol. The minimum Gasteiger partial charge on any atom is -0.398 e. The van der Waals surface area contributed by atoms with Gasteiger partial charge in [0, 0.05) is 31.2 Å². The molecule has 1 saturated heterocycles. The summed E-state index contributed by atoms with van der Waals surface area (Å²) in [4.78, 5) is 32.2. The second-order valence-corrected chi connectivity index (χ2v) is 12.1. The molecule has 6 N–H and O–H groups in total. The number of piperidine rings is 1. The van der Waals surface area contributed by atoms with Crippen LogP contribution in [-0.2, 0) is 10.0 Å². The first-order valence-electron chi connectivity index (χ1n) is 12.3. The molecule has 0 radical (unpaired) electrons. The highest BCUT2D eigenvalue weighted by Crippen LogP contribution is 2.28. The number of carbonyl (C=O) groups is 2. The molecular weight excluding hydrogens is 542 g/mol. The Kier molecular flexibility index (Phi) is 6.77. The van der Waals surface area contributed by atoms with Crippen LogP contribution in [0.4, 0.5) is 11.4 Å². The topological polar surface area (TPSA) is 165 Å². The smallest absolute Gasteiger partial charge is 0.267 e. The van der Waals surface area contributed by atoms with Crippen LogP contribution in [0.1, 0.15) is 39.1 Å². The molecule has 0 saturated carbocycles. The number of guanidine groups is 1. The number of aryl methyl sites for hydroxylation is 1. The van der Waals surface area contributed by atoms with Crippen LogP contribution < -0.4 is 22.1 Å². The Labute approximate surface area is 230 Å². The van der Waals surface area contributed by atoms with E-state index in [0.717, 1.165) is 9.54 Å². The number of nitrogens with zero attached hydrogens (tertiary/aromatic N) is 3. The molecular formula is C26H28ClN7O4S. The van der Waals surface area contributed by atoms with Crippen LogP contribution >= 0.6 is 11.6 Å². The number of benzene rings is 2. The van der Waals surface area contributed by atoms with Gasteiger partial charge in [0.2, 0.25) is 0 Å². The molecule has 2 aliphatic rings. The number of halogens is 1. The number of aliphatic imine (C=N–C) groups is 1. The molecule has 1 spiro atoms. The van der Waals surface area contributed by atoms with Gasteiger partial charge in [-0.25, -0.2) is 12.4 Å². The zero-order chi connectivity index (χ0) is 27.9. The zero-order valence-electron chi connectivity index (χ0n) is 21.1. The lowest BCUT2D eigenvalue weighted by Gasteiger charge is -2.39. The van der Waals surface area contributed by atoms with Crippen LogP contribution in [-0.4, -0.2) is 60.2 Å². The van der Waals surface area contributed by atoms with Crippen molar-refractivity contribution in [3.8, 4) is 0 Å². The summed E-state index contributed by atoms with van der Waals surface area (Å²) in [6.07, 6.45) is 3.93. The molecule has 1 fully saturated rings. The first kappa shape index (κ1) is 26.6. The summed E-state index contributed by atoms with van der Waals surface area (Å²) in [5.74, 6) is -0.383. The molecule has 13 heteroatoms. The van der Waals surface area contributed by atoms with Gasteiger partial charge in [0.25, 0.3) is 21.8 Å². The van der Waals surface area contributed by atoms with Gasteiger partial charge in [0.15, 0.2) is 5.96 Å². The fourth-order valence-electron chi connectivity index (χ4n) is 4.70. The molecule has 1 aromatic heterocycles. The fraction of sp³-hybridized carbons (Fsp3) is 0.269. The van der Waals surface area contributed by atoms with Crippen molar-refractivity contribution in [3.63, 3.8) is 0 Å². The van der Waals surface area contributed by atoms with Crippen LogP contribution in [0.2, 0.25) is 5.02 Å². The molecule has 0 atom stereocenters. The Hall–Kier alpha value is -4.03. The van der Waals surface area contributed by atoms with Crippen LogP contribution in [0.3, 0.4) is 0 Å². The average molecular weight is 570 g/mol. The van der Waals surface area contributed by atoms with Crippen molar-refractivity contribution in [2.45, 2.75) is 30.2 Å². The number of aromatic nitrogens is 1. The summed E-state index contributed by atoms with van der Waals surface area (Å²) in [6.45, 7) is 3.20. The Morgan fingerprint density at radius 3 is 2.46 bits per heavy atom. The van der Waals surface area contributed by atoms with E-state index in [0.29, 0.717) is 44.0 Å². The largest absolute Gasteiger partial charge is 0.398 e. The van der Waals surface area contributed by atoms with E-state index in [2.05, 4.69) is 15.6 Å². The molecule has 5 rings (SSSR count). The maximum atomic E-state index is 13.2. The van der Waals surface area contributed by atoms with E-state index < -0.39 is 21.5 Å². The molecule has 11 nitrogen and oxygen atoms in total. The molecule has 3 heterocycles. The second-order valence-electron chi connectivity index (χ2n) is 9.83. The minimum atomic E-state index is -3.80. The maximum Gasteiger partial charge on any atom is 0.267 e. The van der Waals surface area contributed by atoms with Crippen molar-refractivity contribution < 1.29 is 18.0 Å². The number of hydrogen-bond acceptors (Lipinski definition) is 8. The first-order chi connectivity index (χ1) is 18.5. The van der Waals surface area contributed by atoms with Gasteiger partial charge in [-0.1, -0.05) is 29.3 Å². The zero-order valence-corrected chi connectivity index (χ0v) is 22.7. The van der Waals surface area contributed by atoms with E-state index in [1.807, 2.05) is 6.92 Å². The first-order valence-corrected chi connectivity index (χ1v) is 14.1. The van der Waals surface area contributed by atoms with Crippen molar-refractivity contribution in [3.05, 3.63) is 76.6 Å². The molecule has 2 amide bonds. The molecule has 0 bridgehead atoms. The number of nitrogens with one attached hydrogen (secondary N) is 2. The van der Waals surface area contributed by atoms with Crippen LogP contribution in [0.15, 0.2) is 64.7 Å². The number of nitrogen functional groups attached to an aromatic ring is 2. The highest BCUT2D eigenvalue weighted by Gasteiger charge is 2.40. The normalized spacial score (nSPS) is 16.6. The average Bonchev–Trinajstić information content (AvgIpc) is 3.55. The lowest BCUT2D eigenvalue weighted by Crippen LogP contribution is -2.56. The Morgan fingerprint density at radius 2 is 1.77 bits per heavy atom. The fourth-order valence-corrected chi connectivity index (χ4v) is 6.06. The van der Waals surface area contributed by atoms with E-state index >= 15 is 0 Å². The quantitative estimate of drug-likeness (QED) is 0.350. The highest BCUT2D eigenvalue weighted by atomic mass is 35.5. The van der Waals surface area contributed by atoms with E-state index in [-0.39, 0.29) is 32.8 Å². The number of nitrogens with two attached hydrogens (primary N) is 2. The number of hydrogen-bond donors (Lipinski definition) is 4. The number of anilines is 2. The third kappa shape index (κ3) is 5.17. The van der Waals surface area contributed by atoms with Crippen molar-refractivity contribution in [2.75, 3.05) is 31.1 Å². The van der Waals surface area contributed by atoms with Crippen LogP contribution in [0.25, 0.3) is 0 Å². The summed E-state index contributed by atoms with van der Waals surface area (Å²) in [6, 6.07) is 10.9. The third-order valence-electron chi connectivity index (χ3n) is 7.09. The summed E-state index contributed by atoms with van der Waals surface area (Å²) >= 11 is 6.03. The van der Waals surface area contributed by atoms with E-state index in [1.54, 1.807) is 29.2 Å². The summed E-state index contributed by atoms with van der Waals surface area (Å²) < 4.78 is 27.0. The molecule has 2 aliphatic heterocycles. The Balaban J connectivity index is 1.19. The number of rotatable bonds is 4. The molecule has 204 valence electrons. The van der Waals surface area contributed by atoms with Crippen molar-refractivity contribution in [1.29, 1.82) is 0 Å². The number of carbonyl (C=O) groups excluding carboxylic acids is 2. The second kappa shape index (κ2) is 9.93. The van der Waals surface area contributed by atoms with Gasteiger partial charge < -0.3 is 21.7 Å². The third-order valence-corrected chi connectivity index (χ3v) is 9.06. The molecule has 39 heavy (non-hydrogen) atoms. The van der Waals surface area contributed by atoms with Gasteiger partial charge in [0.05, 0.1) is 38.8 Å². The van der Waals surface area contributed by atoms with Gasteiger partial charge in [-0.3, -0.25) is 19.9 Å². The Bertz CT molecular complexity index is 1590. The Morgan fingerprint density at radius 1 is 1.08 bits per heavy atom. The van der Waals surface area contributed by atoms with Crippen molar-refractivity contribution in [1.82, 2.24) is 19.5 Å². The van der Waals surface area contributed by atoms with Crippen LogP contribution in [0.5, 0.6) is 0 Å². The molecule has 2 aromatic carbocycles. The van der Waals surface area contributed by atoms with Crippen molar-refractivity contribution in [2.24, 2.45) is 4.99 Å². The minimum absolute atomic E-state index is 0.153. The van der Waals surface area contributed by atoms with E-state index in [4.69, 9.17) is 23.1 Å². The highest BCUT2D eigenvalue weighted by molar-refractivity contribution is 7.90. The predicted octanol–water partition coefficient (Wildman–Crippen LogP) is 2.22. The number of likely N-dealkylation sites (tertiary alicyclic amines) is 1. The van der Waals surface area contributed by atoms with Gasteiger partial charge in [0.1, 0.15) is 0 Å². The summed E-state index contributed by atoms with van der Waals surface area (Å²) in [5.41, 5.74) is 13.2. The summed E-state index contributed by atoms with van der Waals surface area (Å²) in [7, 11) is -3.80. The number of amides is 2. The van der Waals surface area contributed by atoms with E-state index in [1.165, 1.54) is 30.6 Å². The lowest BCUT2D eigenvalue weighted by atomic mass is 9.88. The van der Waals surface area contributed by atoms with Gasteiger partial charge in [-0.15, -0.1) is 0 Å². The standard InChI is InChI=1S/C26H28ClN7O4S/c1-16-2-4-18(5-3-16)39(37,38)34-9-6-17(14-34)24(36)33-10-7-26(8-11-33)15-30-25(32-26)31-23(35)19-12-20(27)22(29)13-21(19)28/h2-6,9,12-14H,7-8,10-11,15,28-29H2,1H3,(H2,30,31,32,35). The SMILES string of the molecule is Cc1ccc(S(=O)(=O)n2ccc(C(=O)N3CCC4(CC3)CN=C(NC(=O)c3cc(Cl)c(N)cc3N)N4)c2)cc1. The molecule has 0 aliphatic carbocycles. The van der Waals surface area contributed by atoms with Gasteiger partial charge in [-0.2, -0.15) is 0 Å². The molecule has 0 unspecified atom stereocenters.